The number of benzene rings is 3. The normalized spacial score (nSPS) is 12.9. The molecule has 1 aromatic heterocycles. The average Bonchev–Trinajstić information content (AvgIpc) is 3.39. The predicted octanol–water partition coefficient (Wildman–Crippen LogP) is 6.80. The lowest BCUT2D eigenvalue weighted by Gasteiger charge is -2.28. The van der Waals surface area contributed by atoms with Crippen LogP contribution in [0.4, 0.5) is 29.3 Å². The molecule has 0 aliphatic carbocycles. The van der Waals surface area contributed by atoms with E-state index in [0.29, 0.717) is 99.6 Å². The van der Waals surface area contributed by atoms with Crippen LogP contribution in [-0.2, 0) is 57.2 Å². The van der Waals surface area contributed by atoms with E-state index in [1.165, 1.54) is 24.4 Å². The average molecular weight is 1010 g/mol. The molecule has 3 aromatic carbocycles. The molecule has 0 saturated carbocycles. The third-order valence-corrected chi connectivity index (χ3v) is 11.4. The topological polar surface area (TPSA) is 172 Å². The molecule has 0 atom stereocenters. The highest BCUT2D eigenvalue weighted by Crippen LogP contribution is 2.33. The quantitative estimate of drug-likeness (QED) is 0.0490. The van der Waals surface area contributed by atoms with E-state index in [2.05, 4.69) is 25.4 Å². The molecule has 1 saturated heterocycles. The van der Waals surface area contributed by atoms with Crippen LogP contribution in [0.3, 0.4) is 0 Å². The number of nitrogens with one attached hydrogen (secondary N) is 2. The monoisotopic (exact) mass is 1010 g/mol. The molecule has 3 amide bonds. The van der Waals surface area contributed by atoms with E-state index in [1.54, 1.807) is 36.2 Å². The molecule has 20 heteroatoms. The summed E-state index contributed by atoms with van der Waals surface area (Å²) >= 11 is 0. The Morgan fingerprint density at radius 1 is 0.722 bits per heavy atom. The fourth-order valence-corrected chi connectivity index (χ4v) is 7.34. The van der Waals surface area contributed by atoms with Gasteiger partial charge in [0.1, 0.15) is 6.61 Å². The molecule has 4 aromatic rings. The number of anilines is 2. The fourth-order valence-electron chi connectivity index (χ4n) is 7.34. The van der Waals surface area contributed by atoms with Crippen LogP contribution in [0.5, 0.6) is 0 Å². The molecule has 2 heterocycles. The van der Waals surface area contributed by atoms with Gasteiger partial charge in [0.2, 0.25) is 0 Å². The third kappa shape index (κ3) is 20.1. The first-order valence-corrected chi connectivity index (χ1v) is 24.3. The first-order valence-electron chi connectivity index (χ1n) is 24.3. The van der Waals surface area contributed by atoms with Crippen molar-refractivity contribution in [2.45, 2.75) is 33.2 Å². The number of amides is 3. The Morgan fingerprint density at radius 3 is 1.99 bits per heavy atom. The second kappa shape index (κ2) is 31.7. The molecule has 0 radical (unpaired) electrons. The Balaban J connectivity index is 0.953. The third-order valence-electron chi connectivity index (χ3n) is 11.4. The first-order chi connectivity index (χ1) is 35.0. The van der Waals surface area contributed by atoms with E-state index in [0.717, 1.165) is 63.8 Å². The summed E-state index contributed by atoms with van der Waals surface area (Å²) in [5, 5.41) is 5.74. The van der Waals surface area contributed by atoms with Crippen molar-refractivity contribution in [3.63, 3.8) is 0 Å². The number of aromatic nitrogens is 1. The van der Waals surface area contributed by atoms with Crippen LogP contribution < -0.4 is 15.5 Å². The maximum absolute atomic E-state index is 13.9. The number of alkyl halides is 3. The van der Waals surface area contributed by atoms with Crippen LogP contribution in [0.2, 0.25) is 0 Å². The van der Waals surface area contributed by atoms with Crippen molar-refractivity contribution >= 4 is 29.3 Å². The number of pyridine rings is 1. The van der Waals surface area contributed by atoms with Gasteiger partial charge in [0.25, 0.3) is 11.8 Å². The lowest BCUT2D eigenvalue weighted by atomic mass is 10.0. The summed E-state index contributed by atoms with van der Waals surface area (Å²) in [6, 6.07) is 20.6. The zero-order chi connectivity index (χ0) is 51.4. The Labute approximate surface area is 420 Å². The van der Waals surface area contributed by atoms with E-state index in [-0.39, 0.29) is 50.5 Å². The van der Waals surface area contributed by atoms with Gasteiger partial charge >= 0.3 is 12.3 Å². The van der Waals surface area contributed by atoms with E-state index in [4.69, 9.17) is 37.9 Å². The van der Waals surface area contributed by atoms with Gasteiger partial charge in [-0.05, 0) is 73.5 Å². The van der Waals surface area contributed by atoms with E-state index >= 15 is 0 Å². The zero-order valence-corrected chi connectivity index (χ0v) is 41.6. The minimum atomic E-state index is -4.50. The van der Waals surface area contributed by atoms with E-state index in [9.17, 15) is 27.6 Å². The number of nitrogens with zero attached hydrogens (tertiary/aromatic N) is 4. The van der Waals surface area contributed by atoms with Crippen LogP contribution in [0.1, 0.15) is 51.3 Å². The number of likely N-dealkylation sites (N-methyl/N-ethyl adjacent to an activating group) is 1. The van der Waals surface area contributed by atoms with Crippen LogP contribution in [0, 0.1) is 0 Å². The largest absolute Gasteiger partial charge is 0.447 e. The maximum atomic E-state index is 13.9. The highest BCUT2D eigenvalue weighted by Gasteiger charge is 2.30. The van der Waals surface area contributed by atoms with E-state index in [1.807, 2.05) is 38.1 Å². The Kier molecular flexibility index (Phi) is 25.2. The van der Waals surface area contributed by atoms with Crippen molar-refractivity contribution in [3.8, 4) is 11.3 Å². The van der Waals surface area contributed by atoms with Gasteiger partial charge in [-0.25, -0.2) is 4.79 Å². The lowest BCUT2D eigenvalue weighted by Crippen LogP contribution is -2.42. The summed E-state index contributed by atoms with van der Waals surface area (Å²) in [5.74, 6) is -0.869. The summed E-state index contributed by atoms with van der Waals surface area (Å²) in [4.78, 5) is 49.8. The number of hydrogen-bond donors (Lipinski definition) is 2. The molecule has 1 fully saturated rings. The van der Waals surface area contributed by atoms with Gasteiger partial charge in [-0.2, -0.15) is 13.2 Å². The molecule has 2 N–H and O–H groups in total. The van der Waals surface area contributed by atoms with Gasteiger partial charge < -0.3 is 58.3 Å². The molecule has 72 heavy (non-hydrogen) atoms. The molecular formula is C52H69F3N6O11. The second-order valence-corrected chi connectivity index (χ2v) is 16.4. The van der Waals surface area contributed by atoms with Gasteiger partial charge in [0.05, 0.1) is 109 Å². The number of morpholine rings is 1. The van der Waals surface area contributed by atoms with Crippen molar-refractivity contribution in [2.24, 2.45) is 0 Å². The minimum absolute atomic E-state index is 0.111. The number of hydrogen-bond acceptors (Lipinski definition) is 14. The van der Waals surface area contributed by atoms with Crippen molar-refractivity contribution in [1.82, 2.24) is 20.1 Å². The first kappa shape index (κ1) is 57.2. The Bertz CT molecular complexity index is 2250. The minimum Gasteiger partial charge on any atom is -0.447 e. The van der Waals surface area contributed by atoms with Crippen LogP contribution in [0.25, 0.3) is 11.3 Å². The molecule has 394 valence electrons. The molecule has 17 nitrogen and oxygen atoms in total. The van der Waals surface area contributed by atoms with Gasteiger partial charge in [-0.1, -0.05) is 30.3 Å². The van der Waals surface area contributed by atoms with Crippen molar-refractivity contribution in [1.29, 1.82) is 0 Å². The maximum Gasteiger partial charge on any atom is 0.416 e. The summed E-state index contributed by atoms with van der Waals surface area (Å²) in [6.45, 7) is 14.4. The molecule has 0 unspecified atom stereocenters. The van der Waals surface area contributed by atoms with Gasteiger partial charge in [0.15, 0.2) is 0 Å². The number of carbonyl (C=O) groups is 3. The number of carbonyl (C=O) groups excluding carboxylic acids is 3. The standard InChI is InChI=1S/C52H69F3N6O11/c1-4-61(5-2)44-13-14-47(46(37-44)48-36-41(15-16-56-48)49(62)57-38-40-9-8-11-43(35-40)52(53,54)55)58-50(63)45-12-7-6-10-42(45)39-71-32-31-69-28-27-67-24-23-66-25-26-68-29-30-70-33-34-72-51(64)59(3)17-18-60-19-21-65-22-20-60/h6-16,35-37H,4-5,17-34,38-39H2,1-3H3,(H,57,62)(H,58,63). The Morgan fingerprint density at radius 2 is 1.35 bits per heavy atom. The number of ether oxygens (including phenoxy) is 8. The number of halogens is 3. The van der Waals surface area contributed by atoms with Gasteiger partial charge in [0, 0.05) is 81.4 Å². The summed E-state index contributed by atoms with van der Waals surface area (Å²) in [6.07, 6.45) is -3.40. The summed E-state index contributed by atoms with van der Waals surface area (Å²) in [7, 11) is 1.72. The fraction of sp³-hybridized carbons (Fsp3) is 0.500. The van der Waals surface area contributed by atoms with Gasteiger partial charge in [-0.3, -0.25) is 19.5 Å². The molecule has 0 spiro atoms. The lowest BCUT2D eigenvalue weighted by molar-refractivity contribution is -0.137. The smallest absolute Gasteiger partial charge is 0.416 e. The molecule has 0 bridgehead atoms. The van der Waals surface area contributed by atoms with Gasteiger partial charge in [-0.15, -0.1) is 0 Å². The SMILES string of the molecule is CCN(CC)c1ccc(NC(=O)c2ccccc2COCCOCCOCCOCCOCCOCCOC(=O)N(C)CCN2CCOCC2)c(-c2cc(C(=O)NCc3cccc(C(F)(F)F)c3)ccn2)c1. The molecule has 1 aliphatic heterocycles. The molecule has 1 aliphatic rings. The highest BCUT2D eigenvalue weighted by atomic mass is 19.4. The zero-order valence-electron chi connectivity index (χ0n) is 41.6. The summed E-state index contributed by atoms with van der Waals surface area (Å²) in [5.41, 5.74) is 3.16. The van der Waals surface area contributed by atoms with E-state index < -0.39 is 17.6 Å². The predicted molar refractivity (Wildman–Crippen MR) is 265 cm³/mol. The van der Waals surface area contributed by atoms with Crippen LogP contribution in [0.15, 0.2) is 85.1 Å². The van der Waals surface area contributed by atoms with Crippen molar-refractivity contribution in [2.75, 3.05) is 149 Å². The number of rotatable bonds is 32. The van der Waals surface area contributed by atoms with Crippen LogP contribution in [-0.4, -0.2) is 172 Å². The molecular weight excluding hydrogens is 942 g/mol. The van der Waals surface area contributed by atoms with Crippen molar-refractivity contribution < 1.29 is 65.4 Å². The van der Waals surface area contributed by atoms with Crippen LogP contribution >= 0.6 is 0 Å². The molecule has 5 rings (SSSR count). The second-order valence-electron chi connectivity index (χ2n) is 16.4. The Hall–Kier alpha value is -5.71. The summed E-state index contributed by atoms with van der Waals surface area (Å²) < 4.78 is 84.0. The highest BCUT2D eigenvalue weighted by molar-refractivity contribution is 6.07. The van der Waals surface area contributed by atoms with Crippen molar-refractivity contribution in [3.05, 3.63) is 113 Å².